The molecule has 0 saturated heterocycles. The molecule has 4 bridgehead atoms. The molecular formula is C28H31N3O2. The number of amides is 1. The van der Waals surface area contributed by atoms with E-state index in [-0.39, 0.29) is 11.9 Å². The van der Waals surface area contributed by atoms with E-state index in [4.69, 9.17) is 4.74 Å². The third-order valence-corrected chi connectivity index (χ3v) is 7.49. The zero-order chi connectivity index (χ0) is 22.4. The predicted octanol–water partition coefficient (Wildman–Crippen LogP) is 5.43. The molecule has 1 aromatic heterocycles. The maximum absolute atomic E-state index is 13.6. The molecule has 0 saturated carbocycles. The fourth-order valence-electron chi connectivity index (χ4n) is 5.91. The van der Waals surface area contributed by atoms with E-state index in [1.54, 1.807) is 5.57 Å². The Labute approximate surface area is 195 Å². The first-order valence-corrected chi connectivity index (χ1v) is 12.3. The molecule has 1 unspecified atom stereocenters. The Bertz CT molecular complexity index is 1220. The number of hydrogen-bond donors (Lipinski definition) is 1. The zero-order valence-corrected chi connectivity index (χ0v) is 19.2. The highest BCUT2D eigenvalue weighted by atomic mass is 16.5. The van der Waals surface area contributed by atoms with Crippen LogP contribution < -0.4 is 10.1 Å². The summed E-state index contributed by atoms with van der Waals surface area (Å²) in [6.45, 7) is 4.05. The van der Waals surface area contributed by atoms with Gasteiger partial charge in [0.2, 0.25) is 0 Å². The summed E-state index contributed by atoms with van der Waals surface area (Å²) in [5.74, 6) is 0.877. The van der Waals surface area contributed by atoms with Gasteiger partial charge in [0.05, 0.1) is 12.1 Å². The van der Waals surface area contributed by atoms with Crippen molar-refractivity contribution in [1.29, 1.82) is 0 Å². The lowest BCUT2D eigenvalue weighted by molar-refractivity contribution is 0.0926. The van der Waals surface area contributed by atoms with Gasteiger partial charge < -0.3 is 19.5 Å². The number of carbonyl (C=O) groups excluding carboxylic acids is 1. The van der Waals surface area contributed by atoms with Crippen LogP contribution >= 0.6 is 0 Å². The van der Waals surface area contributed by atoms with Gasteiger partial charge in [-0.25, -0.2) is 0 Å². The number of rotatable bonds is 0. The van der Waals surface area contributed by atoms with Crippen LogP contribution in [-0.4, -0.2) is 40.6 Å². The molecule has 7 rings (SSSR count). The Balaban J connectivity index is 1.43. The highest BCUT2D eigenvalue weighted by Crippen LogP contribution is 2.37. The van der Waals surface area contributed by atoms with Crippen LogP contribution in [0.5, 0.6) is 5.75 Å². The summed E-state index contributed by atoms with van der Waals surface area (Å²) in [5, 5.41) is 4.49. The van der Waals surface area contributed by atoms with Crippen molar-refractivity contribution in [3.8, 4) is 11.4 Å². The number of nitrogens with one attached hydrogen (secondary N) is 1. The number of benzene rings is 2. The summed E-state index contributed by atoms with van der Waals surface area (Å²) in [4.78, 5) is 16.2. The van der Waals surface area contributed by atoms with E-state index in [2.05, 4.69) is 33.8 Å². The van der Waals surface area contributed by atoms with Crippen molar-refractivity contribution in [2.24, 2.45) is 0 Å². The van der Waals surface area contributed by atoms with Crippen LogP contribution in [0.2, 0.25) is 0 Å². The number of fused-ring (bicyclic) bond motifs is 7. The molecule has 33 heavy (non-hydrogen) atoms. The van der Waals surface area contributed by atoms with Crippen LogP contribution in [-0.2, 0) is 0 Å². The number of nitrogens with zero attached hydrogens (tertiary/aromatic N) is 2. The summed E-state index contributed by atoms with van der Waals surface area (Å²) in [6.07, 6.45) is 6.40. The predicted molar refractivity (Wildman–Crippen MR) is 131 cm³/mol. The molecule has 0 spiro atoms. The Morgan fingerprint density at radius 1 is 1.03 bits per heavy atom. The maximum Gasteiger partial charge on any atom is 0.268 e. The van der Waals surface area contributed by atoms with Crippen molar-refractivity contribution >= 4 is 16.8 Å². The van der Waals surface area contributed by atoms with Crippen molar-refractivity contribution < 1.29 is 9.53 Å². The molecule has 1 aliphatic carbocycles. The second kappa shape index (κ2) is 8.29. The van der Waals surface area contributed by atoms with Gasteiger partial charge in [-0.3, -0.25) is 4.79 Å². The van der Waals surface area contributed by atoms with E-state index in [9.17, 15) is 4.79 Å². The van der Waals surface area contributed by atoms with E-state index in [1.807, 2.05) is 42.5 Å². The lowest BCUT2D eigenvalue weighted by atomic mass is 10.1. The number of para-hydroxylation sites is 1. The minimum Gasteiger partial charge on any atom is -0.494 e. The maximum atomic E-state index is 13.6. The second-order valence-corrected chi connectivity index (χ2v) is 9.68. The highest BCUT2D eigenvalue weighted by Gasteiger charge is 2.32. The molecule has 2 atom stereocenters. The molecule has 2 aromatic carbocycles. The van der Waals surface area contributed by atoms with Crippen LogP contribution in [0, 0.1) is 0 Å². The standard InChI is InChI=1S/C28H31N3O2/c1-19-16-20-7-4-8-22-18-26(20)30(19)14-5-15-33-24-12-10-23(11-13-24)31-25-9-3-2-6-21(25)17-27(31)28(32)29-22/h2-3,6,9-13,17,19,22H,4-5,7-8,14-16,18H2,1H3,(H,29,32)/t19-,22?/m1/s1. The number of ether oxygens (including phenoxy) is 1. The lowest BCUT2D eigenvalue weighted by Gasteiger charge is -2.30. The quantitative estimate of drug-likeness (QED) is 0.506. The van der Waals surface area contributed by atoms with Gasteiger partial charge in [0.15, 0.2) is 0 Å². The fraction of sp³-hybridized carbons (Fsp3) is 0.393. The molecule has 1 N–H and O–H groups in total. The molecule has 5 heteroatoms. The minimum atomic E-state index is 0.00488. The van der Waals surface area contributed by atoms with Gasteiger partial charge in [-0.2, -0.15) is 0 Å². The first-order valence-electron chi connectivity index (χ1n) is 12.3. The smallest absolute Gasteiger partial charge is 0.268 e. The zero-order valence-electron chi connectivity index (χ0n) is 19.2. The molecule has 4 aliphatic rings. The second-order valence-electron chi connectivity index (χ2n) is 9.68. The largest absolute Gasteiger partial charge is 0.494 e. The van der Waals surface area contributed by atoms with Crippen molar-refractivity contribution in [3.05, 3.63) is 71.6 Å². The average molecular weight is 442 g/mol. The van der Waals surface area contributed by atoms with Crippen molar-refractivity contribution in [2.45, 2.75) is 57.5 Å². The van der Waals surface area contributed by atoms with Gasteiger partial charge in [-0.15, -0.1) is 0 Å². The van der Waals surface area contributed by atoms with Crippen LogP contribution in [0.15, 0.2) is 65.9 Å². The number of hydrogen-bond acceptors (Lipinski definition) is 3. The summed E-state index contributed by atoms with van der Waals surface area (Å²) in [7, 11) is 0. The van der Waals surface area contributed by atoms with Gasteiger partial charge in [0.1, 0.15) is 11.4 Å². The van der Waals surface area contributed by atoms with E-state index in [0.717, 1.165) is 67.4 Å². The molecule has 3 aromatic rings. The van der Waals surface area contributed by atoms with Crippen molar-refractivity contribution in [3.63, 3.8) is 0 Å². The molecular weight excluding hydrogens is 410 g/mol. The van der Waals surface area contributed by atoms with Crippen molar-refractivity contribution in [2.75, 3.05) is 13.2 Å². The lowest BCUT2D eigenvalue weighted by Crippen LogP contribution is -2.38. The highest BCUT2D eigenvalue weighted by molar-refractivity contribution is 6.00. The van der Waals surface area contributed by atoms with Gasteiger partial charge in [0, 0.05) is 41.8 Å². The fourth-order valence-corrected chi connectivity index (χ4v) is 5.91. The average Bonchev–Trinajstić information content (AvgIpc) is 3.27. The Hall–Kier alpha value is -3.21. The molecule has 5 nitrogen and oxygen atoms in total. The SMILES string of the molecule is C[C@@H]1CC2=C3CC(CCC2)NC(=O)c2cc4ccccc4n2-c2ccc(cc2)OCCCN31. The van der Waals surface area contributed by atoms with E-state index >= 15 is 0 Å². The normalized spacial score (nSPS) is 23.3. The van der Waals surface area contributed by atoms with Crippen LogP contribution in [0.4, 0.5) is 0 Å². The first kappa shape index (κ1) is 20.4. The summed E-state index contributed by atoms with van der Waals surface area (Å²) in [5.41, 5.74) is 5.78. The number of aromatic nitrogens is 1. The molecule has 1 amide bonds. The van der Waals surface area contributed by atoms with Gasteiger partial charge in [-0.05, 0) is 81.0 Å². The molecule has 0 fully saturated rings. The van der Waals surface area contributed by atoms with E-state index < -0.39 is 0 Å². The molecule has 0 radical (unpaired) electrons. The Morgan fingerprint density at radius 3 is 2.76 bits per heavy atom. The Morgan fingerprint density at radius 2 is 1.88 bits per heavy atom. The third kappa shape index (κ3) is 3.69. The van der Waals surface area contributed by atoms with Crippen molar-refractivity contribution in [1.82, 2.24) is 14.8 Å². The topological polar surface area (TPSA) is 46.5 Å². The minimum absolute atomic E-state index is 0.00488. The van der Waals surface area contributed by atoms with Crippen LogP contribution in [0.1, 0.15) is 55.9 Å². The Kier molecular flexibility index (Phi) is 5.12. The first-order chi connectivity index (χ1) is 16.2. The van der Waals surface area contributed by atoms with Gasteiger partial charge >= 0.3 is 0 Å². The van der Waals surface area contributed by atoms with Gasteiger partial charge in [-0.1, -0.05) is 18.2 Å². The number of carbonyl (C=O) groups is 1. The van der Waals surface area contributed by atoms with Crippen LogP contribution in [0.3, 0.4) is 0 Å². The van der Waals surface area contributed by atoms with Gasteiger partial charge in [0.25, 0.3) is 5.91 Å². The molecule has 4 heterocycles. The molecule has 170 valence electrons. The summed E-state index contributed by atoms with van der Waals surface area (Å²) in [6, 6.07) is 19.0. The monoisotopic (exact) mass is 441 g/mol. The van der Waals surface area contributed by atoms with E-state index in [1.165, 1.54) is 5.70 Å². The molecule has 3 aliphatic heterocycles. The summed E-state index contributed by atoms with van der Waals surface area (Å²) < 4.78 is 8.15. The van der Waals surface area contributed by atoms with Crippen LogP contribution in [0.25, 0.3) is 16.6 Å². The summed E-state index contributed by atoms with van der Waals surface area (Å²) >= 11 is 0. The van der Waals surface area contributed by atoms with E-state index in [0.29, 0.717) is 18.3 Å². The third-order valence-electron chi connectivity index (χ3n) is 7.49.